The Bertz CT molecular complexity index is 1840. The van der Waals surface area contributed by atoms with Crippen LogP contribution in [-0.4, -0.2) is 0 Å². The topological polar surface area (TPSA) is 27.0 Å². The van der Waals surface area contributed by atoms with Crippen LogP contribution >= 0.6 is 0 Å². The quantitative estimate of drug-likeness (QED) is 0.181. The first kappa shape index (κ1) is 20.7. The average molecular weight is 461 g/mol. The molecule has 0 aliphatic carbocycles. The van der Waals surface area contributed by atoms with E-state index in [-0.39, 0.29) is 5.41 Å². The minimum Gasteiger partial charge on any atom is -0.308 e. The van der Waals surface area contributed by atoms with Gasteiger partial charge in [-0.05, 0) is 56.9 Å². The lowest BCUT2D eigenvalue weighted by atomic mass is 9.73. The van der Waals surface area contributed by atoms with Gasteiger partial charge in [-0.25, -0.2) is 0 Å². The Labute approximate surface area is 210 Å². The third-order valence-corrected chi connectivity index (χ3v) is 7.84. The first-order valence-electron chi connectivity index (χ1n) is 12.4. The fourth-order valence-corrected chi connectivity index (χ4v) is 6.11. The minimum atomic E-state index is -0.157. The van der Waals surface area contributed by atoms with Crippen LogP contribution in [0.4, 0.5) is 17.1 Å². The minimum absolute atomic E-state index is 0.157. The number of para-hydroxylation sites is 2. The van der Waals surface area contributed by atoms with E-state index < -0.39 is 0 Å². The second-order valence-electron chi connectivity index (χ2n) is 10.1. The van der Waals surface area contributed by atoms with Crippen LogP contribution in [0.3, 0.4) is 0 Å². The number of fused-ring (bicyclic) bond motifs is 6. The fourth-order valence-electron chi connectivity index (χ4n) is 6.11. The van der Waals surface area contributed by atoms with Crippen molar-refractivity contribution in [3.63, 3.8) is 0 Å². The van der Waals surface area contributed by atoms with Crippen molar-refractivity contribution in [1.29, 1.82) is 5.26 Å². The molecule has 6 aromatic carbocycles. The molecule has 2 nitrogen and oxygen atoms in total. The largest absolute Gasteiger partial charge is 0.308 e. The number of hydrogen-bond acceptors (Lipinski definition) is 2. The SMILES string of the molecule is CC1(C)c2ccccc2N(c2c(C#N)c3ccccc3c3cc4ccccc4cc23)c2ccccc21. The van der Waals surface area contributed by atoms with Crippen molar-refractivity contribution in [2.75, 3.05) is 4.90 Å². The molecule has 0 bridgehead atoms. The second kappa shape index (κ2) is 7.44. The maximum Gasteiger partial charge on any atom is 0.102 e. The van der Waals surface area contributed by atoms with E-state index >= 15 is 0 Å². The monoisotopic (exact) mass is 460 g/mol. The van der Waals surface area contributed by atoms with Crippen molar-refractivity contribution in [2.45, 2.75) is 19.3 Å². The summed E-state index contributed by atoms with van der Waals surface area (Å²) in [6.07, 6.45) is 0. The number of nitrogens with zero attached hydrogens (tertiary/aromatic N) is 2. The molecule has 0 radical (unpaired) electrons. The molecule has 0 unspecified atom stereocenters. The van der Waals surface area contributed by atoms with E-state index in [0.717, 1.165) is 38.6 Å². The number of anilines is 3. The molecule has 36 heavy (non-hydrogen) atoms. The van der Waals surface area contributed by atoms with Gasteiger partial charge >= 0.3 is 0 Å². The maximum atomic E-state index is 10.6. The molecule has 0 saturated heterocycles. The predicted octanol–water partition coefficient (Wildman–Crippen LogP) is 9.13. The summed E-state index contributed by atoms with van der Waals surface area (Å²) >= 11 is 0. The van der Waals surface area contributed by atoms with Crippen molar-refractivity contribution < 1.29 is 0 Å². The Morgan fingerprint density at radius 2 is 1.08 bits per heavy atom. The lowest BCUT2D eigenvalue weighted by Crippen LogP contribution is -2.31. The summed E-state index contributed by atoms with van der Waals surface area (Å²) in [5.74, 6) is 0. The summed E-state index contributed by atoms with van der Waals surface area (Å²) in [6.45, 7) is 4.58. The van der Waals surface area contributed by atoms with Crippen LogP contribution in [0.2, 0.25) is 0 Å². The van der Waals surface area contributed by atoms with Crippen molar-refractivity contribution >= 4 is 49.4 Å². The van der Waals surface area contributed by atoms with Gasteiger partial charge in [0.05, 0.1) is 22.6 Å². The molecule has 1 aliphatic heterocycles. The Morgan fingerprint density at radius 3 is 1.69 bits per heavy atom. The number of nitriles is 1. The highest BCUT2D eigenvalue weighted by atomic mass is 15.2. The van der Waals surface area contributed by atoms with Gasteiger partial charge in [0.25, 0.3) is 0 Å². The van der Waals surface area contributed by atoms with Crippen LogP contribution in [0.1, 0.15) is 30.5 Å². The molecule has 1 heterocycles. The predicted molar refractivity (Wildman–Crippen MR) is 150 cm³/mol. The molecule has 1 aliphatic rings. The zero-order valence-electron chi connectivity index (χ0n) is 20.3. The molecule has 170 valence electrons. The Balaban J connectivity index is 1.72. The summed E-state index contributed by atoms with van der Waals surface area (Å²) in [5, 5.41) is 17.4. The van der Waals surface area contributed by atoms with Gasteiger partial charge in [-0.2, -0.15) is 5.26 Å². The molecule has 0 aromatic heterocycles. The van der Waals surface area contributed by atoms with Crippen molar-refractivity contribution in [2.24, 2.45) is 0 Å². The van der Waals surface area contributed by atoms with Gasteiger partial charge in [0.15, 0.2) is 0 Å². The Kier molecular flexibility index (Phi) is 4.29. The van der Waals surface area contributed by atoms with E-state index in [2.05, 4.69) is 128 Å². The van der Waals surface area contributed by atoms with Crippen molar-refractivity contribution in [1.82, 2.24) is 0 Å². The third-order valence-electron chi connectivity index (χ3n) is 7.84. The summed E-state index contributed by atoms with van der Waals surface area (Å²) < 4.78 is 0. The van der Waals surface area contributed by atoms with Crippen LogP contribution in [0.5, 0.6) is 0 Å². The van der Waals surface area contributed by atoms with Crippen LogP contribution in [0, 0.1) is 11.3 Å². The first-order chi connectivity index (χ1) is 17.6. The average Bonchev–Trinajstić information content (AvgIpc) is 2.92. The van der Waals surface area contributed by atoms with Gasteiger partial charge in [0.1, 0.15) is 6.07 Å². The van der Waals surface area contributed by atoms with Gasteiger partial charge in [0.2, 0.25) is 0 Å². The van der Waals surface area contributed by atoms with Gasteiger partial charge in [-0.1, -0.05) is 98.8 Å². The van der Waals surface area contributed by atoms with Crippen LogP contribution in [0.25, 0.3) is 32.3 Å². The van der Waals surface area contributed by atoms with E-state index in [1.165, 1.54) is 21.9 Å². The van der Waals surface area contributed by atoms with E-state index in [1.54, 1.807) is 0 Å². The highest BCUT2D eigenvalue weighted by molar-refractivity contribution is 6.21. The summed E-state index contributed by atoms with van der Waals surface area (Å²) in [7, 11) is 0. The molecule has 0 atom stereocenters. The molecule has 7 rings (SSSR count). The number of hydrogen-bond donors (Lipinski definition) is 0. The van der Waals surface area contributed by atoms with Crippen molar-refractivity contribution in [3.8, 4) is 6.07 Å². The number of benzene rings is 6. The van der Waals surface area contributed by atoms with Gasteiger partial charge in [-0.15, -0.1) is 0 Å². The molecule has 2 heteroatoms. The normalized spacial score (nSPS) is 14.0. The third kappa shape index (κ3) is 2.72. The standard InChI is InChI=1S/C34H24N2/c1-34(2)29-15-7-9-17-31(29)36(32-18-10-8-16-30(32)34)33-27-20-23-12-4-3-11-22(23)19-26(27)24-13-5-6-14-25(24)28(33)21-35/h3-20H,1-2H3. The molecule has 0 amide bonds. The van der Waals surface area contributed by atoms with E-state index in [9.17, 15) is 5.26 Å². The zero-order valence-corrected chi connectivity index (χ0v) is 20.3. The molecule has 6 aromatic rings. The molecule has 0 spiro atoms. The van der Waals surface area contributed by atoms with Gasteiger partial charge in [0, 0.05) is 16.2 Å². The Hall–Kier alpha value is -4.61. The molecular formula is C34H24N2. The van der Waals surface area contributed by atoms with Crippen LogP contribution in [-0.2, 0) is 5.41 Å². The van der Waals surface area contributed by atoms with Gasteiger partial charge < -0.3 is 4.90 Å². The number of rotatable bonds is 1. The maximum absolute atomic E-state index is 10.6. The highest BCUT2D eigenvalue weighted by Crippen LogP contribution is 2.54. The molecular weight excluding hydrogens is 436 g/mol. The van der Waals surface area contributed by atoms with Crippen molar-refractivity contribution in [3.05, 3.63) is 126 Å². The molecule has 0 saturated carbocycles. The van der Waals surface area contributed by atoms with E-state index in [0.29, 0.717) is 5.56 Å². The van der Waals surface area contributed by atoms with Crippen LogP contribution < -0.4 is 4.90 Å². The summed E-state index contributed by atoms with van der Waals surface area (Å²) in [6, 6.07) is 41.2. The summed E-state index contributed by atoms with van der Waals surface area (Å²) in [5.41, 5.74) is 6.27. The zero-order chi connectivity index (χ0) is 24.4. The lowest BCUT2D eigenvalue weighted by Gasteiger charge is -2.42. The second-order valence-corrected chi connectivity index (χ2v) is 10.1. The fraction of sp³-hybridized carbons (Fsp3) is 0.0882. The summed E-state index contributed by atoms with van der Waals surface area (Å²) in [4.78, 5) is 2.33. The van der Waals surface area contributed by atoms with E-state index in [1.807, 2.05) is 6.07 Å². The van der Waals surface area contributed by atoms with Crippen LogP contribution in [0.15, 0.2) is 109 Å². The lowest BCUT2D eigenvalue weighted by molar-refractivity contribution is 0.632. The first-order valence-corrected chi connectivity index (χ1v) is 12.4. The smallest absolute Gasteiger partial charge is 0.102 e. The molecule has 0 N–H and O–H groups in total. The molecule has 0 fully saturated rings. The highest BCUT2D eigenvalue weighted by Gasteiger charge is 2.38. The van der Waals surface area contributed by atoms with Gasteiger partial charge in [-0.3, -0.25) is 0 Å². The Morgan fingerprint density at radius 1 is 0.583 bits per heavy atom. The van der Waals surface area contributed by atoms with E-state index in [4.69, 9.17) is 0 Å².